The number of thiophene rings is 2. The summed E-state index contributed by atoms with van der Waals surface area (Å²) < 4.78 is 0. The van der Waals surface area contributed by atoms with E-state index in [4.69, 9.17) is 0 Å². The lowest BCUT2D eigenvalue weighted by atomic mass is 9.58. The molecule has 0 saturated carbocycles. The molecule has 0 unspecified atom stereocenters. The van der Waals surface area contributed by atoms with Crippen LogP contribution in [0.2, 0.25) is 19.6 Å². The van der Waals surface area contributed by atoms with Gasteiger partial charge in [-0.25, -0.2) is 0 Å². The molecule has 0 fully saturated rings. The van der Waals surface area contributed by atoms with Crippen LogP contribution < -0.4 is 0 Å². The molecule has 182 valence electrons. The Labute approximate surface area is 231 Å². The first-order valence-electron chi connectivity index (χ1n) is 13.0. The minimum absolute atomic E-state index is 0.103. The molecule has 9 rings (SSSR count). The maximum absolute atomic E-state index is 14.2. The topological polar surface area (TPSA) is 17.1 Å². The summed E-state index contributed by atoms with van der Waals surface area (Å²) >= 11 is 3.28. The van der Waals surface area contributed by atoms with Crippen LogP contribution in [0.3, 0.4) is 0 Å². The lowest BCUT2D eigenvalue weighted by molar-refractivity contribution is 0.104. The summed E-state index contributed by atoms with van der Waals surface area (Å²) in [5.74, 6) is 4.02. The van der Waals surface area contributed by atoms with E-state index in [1.165, 1.54) is 44.5 Å². The van der Waals surface area contributed by atoms with Gasteiger partial charge in [-0.05, 0) is 67.2 Å². The Hall–Kier alpha value is -3.49. The van der Waals surface area contributed by atoms with Crippen molar-refractivity contribution in [3.8, 4) is 33.7 Å². The monoisotopic (exact) mass is 540 g/mol. The van der Waals surface area contributed by atoms with E-state index >= 15 is 0 Å². The summed E-state index contributed by atoms with van der Waals surface area (Å²) in [6.07, 6.45) is 0. The van der Waals surface area contributed by atoms with Crippen LogP contribution in [0.1, 0.15) is 66.0 Å². The van der Waals surface area contributed by atoms with Gasteiger partial charge in [0.1, 0.15) is 8.07 Å². The fourth-order valence-corrected chi connectivity index (χ4v) is 8.80. The molecule has 38 heavy (non-hydrogen) atoms. The van der Waals surface area contributed by atoms with Crippen molar-refractivity contribution in [3.63, 3.8) is 0 Å². The van der Waals surface area contributed by atoms with Crippen LogP contribution in [0.25, 0.3) is 22.3 Å². The SMILES string of the molecule is C[Si](C)(C)C#Cc1c2c(c3c(c1-c1ccsc1)C1c4ccccc4C3c3ccccc31)-c1ccsc1C2=O. The third kappa shape index (κ3) is 2.90. The Morgan fingerprint density at radius 3 is 1.89 bits per heavy atom. The standard InChI is InChI=1S/C34H24OS2Si/c1-38(2,3)17-14-24-26(19-12-15-36-18-19)31-27-20-8-4-6-10-22(20)28(23-11-7-5-9-21(23)27)32(31)29-25-13-16-37-34(25)33(35)30(24)29/h4-13,15-16,18,27-28H,1-3H3. The third-order valence-electron chi connectivity index (χ3n) is 8.13. The average molecular weight is 541 g/mol. The van der Waals surface area contributed by atoms with Gasteiger partial charge in [-0.3, -0.25) is 4.79 Å². The molecule has 1 nitrogen and oxygen atoms in total. The second-order valence-electron chi connectivity index (χ2n) is 11.5. The van der Waals surface area contributed by atoms with Crippen LogP contribution in [0.15, 0.2) is 76.8 Å². The van der Waals surface area contributed by atoms with Crippen molar-refractivity contribution >= 4 is 36.5 Å². The van der Waals surface area contributed by atoms with Crippen LogP contribution in [0.4, 0.5) is 0 Å². The maximum atomic E-state index is 14.2. The van der Waals surface area contributed by atoms with Gasteiger partial charge >= 0.3 is 0 Å². The molecule has 0 radical (unpaired) electrons. The molecule has 0 N–H and O–H groups in total. The van der Waals surface area contributed by atoms with Gasteiger partial charge in [0.2, 0.25) is 5.78 Å². The van der Waals surface area contributed by atoms with Crippen LogP contribution in [-0.4, -0.2) is 13.9 Å². The van der Waals surface area contributed by atoms with Crippen molar-refractivity contribution in [2.75, 3.05) is 0 Å². The van der Waals surface area contributed by atoms with E-state index in [9.17, 15) is 4.79 Å². The highest BCUT2D eigenvalue weighted by atomic mass is 32.1. The summed E-state index contributed by atoms with van der Waals surface area (Å²) in [5.41, 5.74) is 18.2. The maximum Gasteiger partial charge on any atom is 0.205 e. The molecule has 5 aromatic rings. The number of carbonyl (C=O) groups excluding carboxylic acids is 1. The van der Waals surface area contributed by atoms with E-state index in [-0.39, 0.29) is 17.6 Å². The van der Waals surface area contributed by atoms with Gasteiger partial charge in [-0.1, -0.05) is 74.1 Å². The fraction of sp³-hybridized carbons (Fsp3) is 0.147. The lowest BCUT2D eigenvalue weighted by Crippen LogP contribution is -2.29. The first kappa shape index (κ1) is 22.5. The van der Waals surface area contributed by atoms with E-state index in [1.54, 1.807) is 22.7 Å². The predicted octanol–water partition coefficient (Wildman–Crippen LogP) is 8.90. The minimum Gasteiger partial charge on any atom is -0.288 e. The first-order valence-corrected chi connectivity index (χ1v) is 18.4. The zero-order valence-corrected chi connectivity index (χ0v) is 24.0. The summed E-state index contributed by atoms with van der Waals surface area (Å²) in [5, 5.41) is 6.45. The molecule has 4 heteroatoms. The Morgan fingerprint density at radius 2 is 1.34 bits per heavy atom. The van der Waals surface area contributed by atoms with Crippen LogP contribution in [0, 0.1) is 11.5 Å². The van der Waals surface area contributed by atoms with Crippen molar-refractivity contribution in [1.82, 2.24) is 0 Å². The van der Waals surface area contributed by atoms with Crippen LogP contribution >= 0.6 is 22.7 Å². The van der Waals surface area contributed by atoms with E-state index in [2.05, 4.69) is 108 Å². The molecule has 2 bridgehead atoms. The average Bonchev–Trinajstić information content (AvgIpc) is 3.66. The van der Waals surface area contributed by atoms with Crippen molar-refractivity contribution in [3.05, 3.63) is 126 Å². The van der Waals surface area contributed by atoms with Gasteiger partial charge in [0, 0.05) is 39.7 Å². The first-order chi connectivity index (χ1) is 18.4. The minimum atomic E-state index is -1.70. The van der Waals surface area contributed by atoms with Gasteiger partial charge in [-0.2, -0.15) is 11.3 Å². The highest BCUT2D eigenvalue weighted by Crippen LogP contribution is 2.62. The second kappa shape index (κ2) is 7.77. The number of ketones is 1. The molecule has 0 saturated heterocycles. The number of hydrogen-bond acceptors (Lipinski definition) is 3. The molecular formula is C34H24OS2Si. The molecule has 0 atom stereocenters. The fourth-order valence-electron chi connectivity index (χ4n) is 6.80. The van der Waals surface area contributed by atoms with Crippen LogP contribution in [-0.2, 0) is 0 Å². The zero-order valence-electron chi connectivity index (χ0n) is 21.4. The normalized spacial score (nSPS) is 17.7. The summed E-state index contributed by atoms with van der Waals surface area (Å²) in [7, 11) is -1.70. The number of fused-ring (bicyclic) bond motifs is 3. The highest BCUT2D eigenvalue weighted by Gasteiger charge is 2.48. The number of rotatable bonds is 1. The number of benzene rings is 3. The van der Waals surface area contributed by atoms with Gasteiger partial charge in [0.15, 0.2) is 0 Å². The van der Waals surface area contributed by atoms with E-state index < -0.39 is 8.07 Å². The van der Waals surface area contributed by atoms with E-state index in [0.717, 1.165) is 27.1 Å². The number of carbonyl (C=O) groups is 1. The van der Waals surface area contributed by atoms with Crippen LogP contribution in [0.5, 0.6) is 0 Å². The van der Waals surface area contributed by atoms with E-state index in [0.29, 0.717) is 0 Å². The lowest BCUT2D eigenvalue weighted by Gasteiger charge is -2.44. The molecule has 0 spiro atoms. The predicted molar refractivity (Wildman–Crippen MR) is 161 cm³/mol. The van der Waals surface area contributed by atoms with Gasteiger partial charge in [0.05, 0.1) is 4.88 Å². The molecule has 4 aliphatic carbocycles. The Bertz CT molecular complexity index is 1840. The molecular weight excluding hydrogens is 517 g/mol. The Balaban J connectivity index is 1.61. The Kier molecular flexibility index (Phi) is 4.60. The van der Waals surface area contributed by atoms with Crippen molar-refractivity contribution in [2.45, 2.75) is 31.5 Å². The zero-order chi connectivity index (χ0) is 25.8. The van der Waals surface area contributed by atoms with Crippen molar-refractivity contribution in [2.24, 2.45) is 0 Å². The third-order valence-corrected chi connectivity index (χ3v) is 10.6. The van der Waals surface area contributed by atoms with Crippen molar-refractivity contribution < 1.29 is 4.79 Å². The Morgan fingerprint density at radius 1 is 0.737 bits per heavy atom. The smallest absolute Gasteiger partial charge is 0.205 e. The van der Waals surface area contributed by atoms with E-state index in [1.807, 2.05) is 0 Å². The molecule has 2 heterocycles. The van der Waals surface area contributed by atoms with Gasteiger partial charge in [-0.15, -0.1) is 16.9 Å². The second-order valence-corrected chi connectivity index (χ2v) is 17.9. The number of hydrogen-bond donors (Lipinski definition) is 0. The summed E-state index contributed by atoms with van der Waals surface area (Å²) in [6.45, 7) is 6.82. The molecule has 4 aliphatic rings. The quantitative estimate of drug-likeness (QED) is 0.150. The van der Waals surface area contributed by atoms with Gasteiger partial charge in [0.25, 0.3) is 0 Å². The summed E-state index contributed by atoms with van der Waals surface area (Å²) in [6, 6.07) is 22.3. The highest BCUT2D eigenvalue weighted by molar-refractivity contribution is 7.13. The molecule has 0 amide bonds. The van der Waals surface area contributed by atoms with Gasteiger partial charge < -0.3 is 0 Å². The largest absolute Gasteiger partial charge is 0.288 e. The van der Waals surface area contributed by atoms with Crippen molar-refractivity contribution in [1.29, 1.82) is 0 Å². The molecule has 0 aliphatic heterocycles. The summed E-state index contributed by atoms with van der Waals surface area (Å²) in [4.78, 5) is 15.0. The molecule has 2 aromatic heterocycles. The molecule has 3 aromatic carbocycles.